The molecule has 0 radical (unpaired) electrons. The number of ether oxygens (including phenoxy) is 1. The van der Waals surface area contributed by atoms with Crippen LogP contribution >= 0.6 is 15.9 Å². The summed E-state index contributed by atoms with van der Waals surface area (Å²) in [7, 11) is 0. The second-order valence-electron chi connectivity index (χ2n) is 4.21. The summed E-state index contributed by atoms with van der Waals surface area (Å²) in [5, 5.41) is 10.1. The van der Waals surface area contributed by atoms with Crippen LogP contribution in [0.4, 0.5) is 0 Å². The molecule has 1 atom stereocenters. The van der Waals surface area contributed by atoms with Crippen molar-refractivity contribution in [3.05, 3.63) is 0 Å². The number of alkyl halides is 1. The monoisotopic (exact) mass is 308 g/mol. The summed E-state index contributed by atoms with van der Waals surface area (Å²) < 4.78 is 4.82. The quantitative estimate of drug-likeness (QED) is 0.308. The second-order valence-corrected chi connectivity index (χ2v) is 5.00. The van der Waals surface area contributed by atoms with Crippen LogP contribution in [0.5, 0.6) is 0 Å². The molecule has 0 saturated heterocycles. The molecule has 0 rings (SSSR count). The third kappa shape index (κ3) is 5.52. The van der Waals surface area contributed by atoms with Crippen LogP contribution in [0, 0.1) is 5.41 Å². The SMILES string of the molecule is CCOC(=O)C(C)(CCCCCCBr)C(=O)O. The molecule has 0 fully saturated rings. The van der Waals surface area contributed by atoms with E-state index in [4.69, 9.17) is 9.84 Å². The van der Waals surface area contributed by atoms with Crippen LogP contribution in [0.1, 0.15) is 46.0 Å². The van der Waals surface area contributed by atoms with Gasteiger partial charge in [-0.25, -0.2) is 0 Å². The normalized spacial score (nSPS) is 14.1. The first-order valence-corrected chi connectivity index (χ1v) is 7.07. The van der Waals surface area contributed by atoms with Gasteiger partial charge in [-0.2, -0.15) is 0 Å². The largest absolute Gasteiger partial charge is 0.480 e. The van der Waals surface area contributed by atoms with E-state index in [-0.39, 0.29) is 6.61 Å². The molecule has 0 aromatic heterocycles. The van der Waals surface area contributed by atoms with E-state index in [9.17, 15) is 9.59 Å². The predicted octanol–water partition coefficient (Wildman–Crippen LogP) is 2.99. The number of carboxylic acid groups (broad SMARTS) is 1. The Hall–Kier alpha value is -0.580. The van der Waals surface area contributed by atoms with Gasteiger partial charge in [-0.3, -0.25) is 9.59 Å². The summed E-state index contributed by atoms with van der Waals surface area (Å²) in [5.74, 6) is -1.73. The van der Waals surface area contributed by atoms with Gasteiger partial charge in [-0.1, -0.05) is 35.2 Å². The number of halogens is 1. The molecule has 0 aliphatic carbocycles. The van der Waals surface area contributed by atoms with Gasteiger partial charge in [0.1, 0.15) is 0 Å². The molecule has 0 aliphatic heterocycles. The molecule has 0 aromatic rings. The molecule has 1 N–H and O–H groups in total. The molecule has 4 nitrogen and oxygen atoms in total. The first-order valence-electron chi connectivity index (χ1n) is 5.95. The summed E-state index contributed by atoms with van der Waals surface area (Å²) in [6, 6.07) is 0. The fourth-order valence-electron chi connectivity index (χ4n) is 1.51. The molecule has 0 spiro atoms. The molecule has 0 aliphatic rings. The maximum Gasteiger partial charge on any atom is 0.323 e. The Morgan fingerprint density at radius 3 is 2.29 bits per heavy atom. The van der Waals surface area contributed by atoms with E-state index in [1.807, 2.05) is 0 Å². The minimum atomic E-state index is -1.40. The minimum Gasteiger partial charge on any atom is -0.480 e. The fraction of sp³-hybridized carbons (Fsp3) is 0.833. The summed E-state index contributed by atoms with van der Waals surface area (Å²) in [6.45, 7) is 3.33. The van der Waals surface area contributed by atoms with E-state index in [2.05, 4.69) is 15.9 Å². The van der Waals surface area contributed by atoms with Crippen molar-refractivity contribution in [2.45, 2.75) is 46.0 Å². The van der Waals surface area contributed by atoms with Crippen molar-refractivity contribution in [2.75, 3.05) is 11.9 Å². The van der Waals surface area contributed by atoms with Crippen molar-refractivity contribution in [2.24, 2.45) is 5.41 Å². The Kier molecular flexibility index (Phi) is 8.21. The first-order chi connectivity index (χ1) is 7.99. The Balaban J connectivity index is 4.22. The number of carbonyl (C=O) groups excluding carboxylic acids is 1. The van der Waals surface area contributed by atoms with E-state index < -0.39 is 17.4 Å². The molecule has 0 saturated carbocycles. The lowest BCUT2D eigenvalue weighted by molar-refractivity contribution is -0.167. The maximum absolute atomic E-state index is 11.6. The number of esters is 1. The lowest BCUT2D eigenvalue weighted by Crippen LogP contribution is -2.38. The molecule has 0 aromatic carbocycles. The number of carbonyl (C=O) groups is 2. The molecule has 1 unspecified atom stereocenters. The molecule has 5 heteroatoms. The zero-order valence-corrected chi connectivity index (χ0v) is 12.1. The number of carboxylic acids is 1. The lowest BCUT2D eigenvalue weighted by Gasteiger charge is -2.22. The Morgan fingerprint density at radius 1 is 1.24 bits per heavy atom. The lowest BCUT2D eigenvalue weighted by atomic mass is 9.84. The molecule has 17 heavy (non-hydrogen) atoms. The third-order valence-electron chi connectivity index (χ3n) is 2.76. The van der Waals surface area contributed by atoms with Gasteiger partial charge in [-0.15, -0.1) is 0 Å². The van der Waals surface area contributed by atoms with Gasteiger partial charge in [0, 0.05) is 5.33 Å². The van der Waals surface area contributed by atoms with E-state index in [0.717, 1.165) is 31.0 Å². The molecular weight excluding hydrogens is 288 g/mol. The number of hydrogen-bond acceptors (Lipinski definition) is 3. The van der Waals surface area contributed by atoms with Gasteiger partial charge >= 0.3 is 11.9 Å². The van der Waals surface area contributed by atoms with Crippen LogP contribution in [0.2, 0.25) is 0 Å². The zero-order chi connectivity index (χ0) is 13.3. The number of unbranched alkanes of at least 4 members (excludes halogenated alkanes) is 3. The van der Waals surface area contributed by atoms with Gasteiger partial charge < -0.3 is 9.84 Å². The summed E-state index contributed by atoms with van der Waals surface area (Å²) in [4.78, 5) is 22.8. The third-order valence-corrected chi connectivity index (χ3v) is 3.32. The van der Waals surface area contributed by atoms with Crippen molar-refractivity contribution in [1.29, 1.82) is 0 Å². The topological polar surface area (TPSA) is 63.6 Å². The average molecular weight is 309 g/mol. The standard InChI is InChI=1S/C12H21BrO4/c1-3-17-11(16)12(2,10(14)15)8-6-4-5-7-9-13/h3-9H2,1-2H3,(H,14,15). The summed E-state index contributed by atoms with van der Waals surface area (Å²) in [6.07, 6.45) is 4.12. The van der Waals surface area contributed by atoms with Crippen molar-refractivity contribution in [1.82, 2.24) is 0 Å². The van der Waals surface area contributed by atoms with Crippen molar-refractivity contribution < 1.29 is 19.4 Å². The molecule has 0 heterocycles. The number of aliphatic carboxylic acids is 1. The predicted molar refractivity (Wildman–Crippen MR) is 69.3 cm³/mol. The minimum absolute atomic E-state index is 0.214. The van der Waals surface area contributed by atoms with E-state index in [1.165, 1.54) is 6.92 Å². The van der Waals surface area contributed by atoms with E-state index >= 15 is 0 Å². The highest BCUT2D eigenvalue weighted by atomic mass is 79.9. The second kappa shape index (κ2) is 8.50. The van der Waals surface area contributed by atoms with E-state index in [0.29, 0.717) is 6.42 Å². The van der Waals surface area contributed by atoms with Gasteiger partial charge in [-0.05, 0) is 26.7 Å². The first kappa shape index (κ1) is 16.4. The van der Waals surface area contributed by atoms with Crippen LogP contribution in [0.15, 0.2) is 0 Å². The average Bonchev–Trinajstić information content (AvgIpc) is 2.28. The van der Waals surface area contributed by atoms with Crippen LogP contribution in [0.3, 0.4) is 0 Å². The smallest absolute Gasteiger partial charge is 0.323 e. The van der Waals surface area contributed by atoms with Gasteiger partial charge in [0.25, 0.3) is 0 Å². The number of hydrogen-bond donors (Lipinski definition) is 1. The molecule has 0 bridgehead atoms. The summed E-state index contributed by atoms with van der Waals surface area (Å²) >= 11 is 3.34. The fourth-order valence-corrected chi connectivity index (χ4v) is 1.91. The van der Waals surface area contributed by atoms with Crippen LogP contribution in [0.25, 0.3) is 0 Å². The highest BCUT2D eigenvalue weighted by Gasteiger charge is 2.42. The van der Waals surface area contributed by atoms with Crippen molar-refractivity contribution in [3.63, 3.8) is 0 Å². The van der Waals surface area contributed by atoms with Crippen molar-refractivity contribution in [3.8, 4) is 0 Å². The molecule has 100 valence electrons. The van der Waals surface area contributed by atoms with Crippen LogP contribution < -0.4 is 0 Å². The Bertz CT molecular complexity index is 255. The Morgan fingerprint density at radius 2 is 1.82 bits per heavy atom. The van der Waals surface area contributed by atoms with Gasteiger partial charge in [0.05, 0.1) is 6.61 Å². The highest BCUT2D eigenvalue weighted by molar-refractivity contribution is 9.09. The van der Waals surface area contributed by atoms with Gasteiger partial charge in [0.15, 0.2) is 5.41 Å². The maximum atomic E-state index is 11.6. The zero-order valence-electron chi connectivity index (χ0n) is 10.5. The van der Waals surface area contributed by atoms with Gasteiger partial charge in [0.2, 0.25) is 0 Å². The van der Waals surface area contributed by atoms with Crippen LogP contribution in [-0.4, -0.2) is 29.0 Å². The Labute approximate surface area is 111 Å². The van der Waals surface area contributed by atoms with Crippen molar-refractivity contribution >= 4 is 27.9 Å². The molecule has 0 amide bonds. The highest BCUT2D eigenvalue weighted by Crippen LogP contribution is 2.27. The van der Waals surface area contributed by atoms with E-state index in [1.54, 1.807) is 6.92 Å². The molecular formula is C12H21BrO4. The number of rotatable bonds is 9. The summed E-state index contributed by atoms with van der Waals surface area (Å²) in [5.41, 5.74) is -1.40. The van der Waals surface area contributed by atoms with Crippen LogP contribution in [-0.2, 0) is 14.3 Å².